The zero-order valence-electron chi connectivity index (χ0n) is 15.7. The highest BCUT2D eigenvalue weighted by Crippen LogP contribution is 2.67. The molecule has 152 valence electrons. The van der Waals surface area contributed by atoms with Crippen LogP contribution in [0.4, 0.5) is 4.39 Å². The Bertz CT molecular complexity index is 762. The Morgan fingerprint density at radius 3 is 2.64 bits per heavy atom. The third-order valence-corrected chi connectivity index (χ3v) is 6.49. The van der Waals surface area contributed by atoms with E-state index in [1.54, 1.807) is 0 Å². The maximum Gasteiger partial charge on any atom is 0.258 e. The number of ether oxygens (including phenoxy) is 1. The summed E-state index contributed by atoms with van der Waals surface area (Å²) in [7, 11) is 0. The molecule has 1 aliphatic heterocycles. The molecule has 4 aliphatic rings. The number of hydrogen-bond acceptors (Lipinski definition) is 4. The van der Waals surface area contributed by atoms with Gasteiger partial charge in [-0.15, -0.1) is 0 Å². The average Bonchev–Trinajstić information content (AvgIpc) is 2.63. The first kappa shape index (κ1) is 19.5. The van der Waals surface area contributed by atoms with Crippen LogP contribution in [-0.4, -0.2) is 43.6 Å². The van der Waals surface area contributed by atoms with Crippen molar-refractivity contribution >= 4 is 23.4 Å². The molecule has 0 spiro atoms. The number of carbonyl (C=O) groups excluding carboxylic acids is 2. The first-order valence-electron chi connectivity index (χ1n) is 9.78. The molecule has 6 nitrogen and oxygen atoms in total. The largest absolute Gasteiger partial charge is 0.484 e. The van der Waals surface area contributed by atoms with Crippen LogP contribution in [0.15, 0.2) is 18.2 Å². The van der Waals surface area contributed by atoms with Gasteiger partial charge in [0.05, 0.1) is 10.4 Å². The summed E-state index contributed by atoms with van der Waals surface area (Å²) in [5, 5.41) is 9.41. The molecular formula is C20H25ClFN3O3. The lowest BCUT2D eigenvalue weighted by Crippen LogP contribution is -2.78. The van der Waals surface area contributed by atoms with Gasteiger partial charge in [0.2, 0.25) is 5.91 Å². The molecule has 1 aromatic rings. The molecule has 0 atom stereocenters. The number of piperidine rings is 1. The summed E-state index contributed by atoms with van der Waals surface area (Å²) < 4.78 is 18.7. The van der Waals surface area contributed by atoms with Crippen molar-refractivity contribution in [3.05, 3.63) is 29.0 Å². The minimum Gasteiger partial charge on any atom is -0.484 e. The molecule has 2 amide bonds. The van der Waals surface area contributed by atoms with Crippen molar-refractivity contribution in [2.24, 2.45) is 11.3 Å². The molecule has 0 radical (unpaired) electrons. The van der Waals surface area contributed by atoms with Crippen molar-refractivity contribution < 1.29 is 18.7 Å². The van der Waals surface area contributed by atoms with Crippen molar-refractivity contribution in [3.63, 3.8) is 0 Å². The van der Waals surface area contributed by atoms with E-state index in [1.807, 2.05) is 0 Å². The van der Waals surface area contributed by atoms with Crippen LogP contribution in [0.25, 0.3) is 0 Å². The summed E-state index contributed by atoms with van der Waals surface area (Å²) in [6.45, 7) is 2.59. The number of hydrogen-bond donors (Lipinski definition) is 3. The number of carbonyl (C=O) groups is 2. The molecule has 3 N–H and O–H groups in total. The molecule has 3 aliphatic carbocycles. The highest BCUT2D eigenvalue weighted by molar-refractivity contribution is 6.30. The lowest BCUT2D eigenvalue weighted by molar-refractivity contribution is -0.184. The van der Waals surface area contributed by atoms with Gasteiger partial charge in [0.15, 0.2) is 6.61 Å². The van der Waals surface area contributed by atoms with Crippen LogP contribution in [0.1, 0.15) is 32.1 Å². The summed E-state index contributed by atoms with van der Waals surface area (Å²) in [5.74, 6) is 0.0785. The van der Waals surface area contributed by atoms with E-state index in [1.165, 1.54) is 12.1 Å². The Hall–Kier alpha value is -1.86. The molecule has 0 aromatic heterocycles. The minimum atomic E-state index is -0.587. The quantitative estimate of drug-likeness (QED) is 0.643. The lowest BCUT2D eigenvalue weighted by atomic mass is 9.39. The smallest absolute Gasteiger partial charge is 0.258 e. The molecule has 28 heavy (non-hydrogen) atoms. The van der Waals surface area contributed by atoms with Gasteiger partial charge >= 0.3 is 0 Å². The van der Waals surface area contributed by atoms with Crippen LogP contribution in [-0.2, 0) is 9.59 Å². The monoisotopic (exact) mass is 409 g/mol. The number of amides is 2. The summed E-state index contributed by atoms with van der Waals surface area (Å²) in [4.78, 5) is 24.7. The van der Waals surface area contributed by atoms with E-state index in [2.05, 4.69) is 16.0 Å². The Kier molecular flexibility index (Phi) is 5.22. The fourth-order valence-electron chi connectivity index (χ4n) is 4.72. The Morgan fingerprint density at radius 2 is 1.96 bits per heavy atom. The van der Waals surface area contributed by atoms with Crippen molar-refractivity contribution in [2.45, 2.75) is 37.6 Å². The Balaban J connectivity index is 1.18. The zero-order chi connectivity index (χ0) is 19.8. The third-order valence-electron chi connectivity index (χ3n) is 6.19. The van der Waals surface area contributed by atoms with E-state index in [4.69, 9.17) is 16.3 Å². The first-order chi connectivity index (χ1) is 13.4. The van der Waals surface area contributed by atoms with Crippen molar-refractivity contribution in [1.29, 1.82) is 0 Å². The van der Waals surface area contributed by atoms with Gasteiger partial charge in [-0.3, -0.25) is 9.59 Å². The first-order valence-corrected chi connectivity index (χ1v) is 10.2. The average molecular weight is 410 g/mol. The van der Waals surface area contributed by atoms with E-state index in [0.29, 0.717) is 25.2 Å². The van der Waals surface area contributed by atoms with E-state index in [-0.39, 0.29) is 40.1 Å². The van der Waals surface area contributed by atoms with Crippen LogP contribution >= 0.6 is 11.6 Å². The van der Waals surface area contributed by atoms with E-state index >= 15 is 0 Å². The molecular weight excluding hydrogens is 385 g/mol. The maximum absolute atomic E-state index is 13.4. The second-order valence-corrected chi connectivity index (χ2v) is 8.81. The summed E-state index contributed by atoms with van der Waals surface area (Å²) in [5.41, 5.74) is -0.585. The summed E-state index contributed by atoms with van der Waals surface area (Å²) in [6, 6.07) is 4.05. The second kappa shape index (κ2) is 7.52. The van der Waals surface area contributed by atoms with Crippen LogP contribution in [0, 0.1) is 17.2 Å². The molecule has 4 fully saturated rings. The summed E-state index contributed by atoms with van der Waals surface area (Å²) >= 11 is 5.62. The fourth-order valence-corrected chi connectivity index (χ4v) is 4.84. The maximum atomic E-state index is 13.4. The van der Waals surface area contributed by atoms with Crippen molar-refractivity contribution in [2.75, 3.05) is 26.2 Å². The van der Waals surface area contributed by atoms with Crippen molar-refractivity contribution in [1.82, 2.24) is 16.0 Å². The minimum absolute atomic E-state index is 0.00870. The Labute approximate surface area is 168 Å². The number of nitrogens with one attached hydrogen (secondary N) is 3. The van der Waals surface area contributed by atoms with E-state index in [9.17, 15) is 14.0 Å². The van der Waals surface area contributed by atoms with Gasteiger partial charge in [0.25, 0.3) is 5.91 Å². The van der Waals surface area contributed by atoms with Gasteiger partial charge in [0, 0.05) is 18.2 Å². The van der Waals surface area contributed by atoms with Crippen LogP contribution < -0.4 is 20.7 Å². The third kappa shape index (κ3) is 3.82. The standard InChI is InChI=1S/C20H25ClFN3O3/c21-15-2-1-14(7-16(15)22)28-9-17(26)25-20-10-19(11-20,12-20)18(27)24-8-13-3-5-23-6-4-13/h1-2,7,13,23H,3-6,8-12H2,(H,24,27)(H,25,26). The van der Waals surface area contributed by atoms with Gasteiger partial charge < -0.3 is 20.7 Å². The van der Waals surface area contributed by atoms with Gasteiger partial charge in [-0.1, -0.05) is 11.6 Å². The van der Waals surface area contributed by atoms with Crippen LogP contribution in [0.2, 0.25) is 5.02 Å². The number of benzene rings is 1. The van der Waals surface area contributed by atoms with Crippen LogP contribution in [0.3, 0.4) is 0 Å². The fraction of sp³-hybridized carbons (Fsp3) is 0.600. The molecule has 1 heterocycles. The van der Waals surface area contributed by atoms with Gasteiger partial charge in [-0.25, -0.2) is 4.39 Å². The topological polar surface area (TPSA) is 79.5 Å². The second-order valence-electron chi connectivity index (χ2n) is 8.41. The highest BCUT2D eigenvalue weighted by Gasteiger charge is 2.72. The normalized spacial score (nSPS) is 28.6. The Morgan fingerprint density at radius 1 is 1.25 bits per heavy atom. The molecule has 1 saturated heterocycles. The molecule has 0 unspecified atom stereocenters. The predicted molar refractivity (Wildman–Crippen MR) is 103 cm³/mol. The number of rotatable bonds is 7. The molecule has 3 saturated carbocycles. The van der Waals surface area contributed by atoms with Crippen molar-refractivity contribution in [3.8, 4) is 5.75 Å². The van der Waals surface area contributed by atoms with Gasteiger partial charge in [0.1, 0.15) is 11.6 Å². The highest BCUT2D eigenvalue weighted by atomic mass is 35.5. The number of halogens is 2. The van der Waals surface area contributed by atoms with E-state index in [0.717, 1.165) is 38.5 Å². The predicted octanol–water partition coefficient (Wildman–Crippen LogP) is 2.01. The lowest BCUT2D eigenvalue weighted by Gasteiger charge is -2.69. The zero-order valence-corrected chi connectivity index (χ0v) is 16.4. The van der Waals surface area contributed by atoms with Gasteiger partial charge in [-0.05, 0) is 63.2 Å². The summed E-state index contributed by atoms with van der Waals surface area (Å²) in [6.07, 6.45) is 4.24. The molecule has 8 heteroatoms. The van der Waals surface area contributed by atoms with Gasteiger partial charge in [-0.2, -0.15) is 0 Å². The molecule has 5 rings (SSSR count). The van der Waals surface area contributed by atoms with Crippen LogP contribution in [0.5, 0.6) is 5.75 Å². The molecule has 2 bridgehead atoms. The SMILES string of the molecule is O=C(COc1ccc(Cl)c(F)c1)NC12CC(C(=O)NCC3CCNCC3)(C1)C2. The molecule has 1 aromatic carbocycles. The van der Waals surface area contributed by atoms with E-state index < -0.39 is 5.82 Å².